The van der Waals surface area contributed by atoms with E-state index in [2.05, 4.69) is 31.9 Å². The summed E-state index contributed by atoms with van der Waals surface area (Å²) < 4.78 is 15.6. The van der Waals surface area contributed by atoms with Gasteiger partial charge in [-0.3, -0.25) is 19.2 Å². The van der Waals surface area contributed by atoms with Crippen molar-refractivity contribution in [2.24, 2.45) is 17.8 Å². The quantitative estimate of drug-likeness (QED) is 0.0467. The number of carbonyl (C=O) groups is 7. The van der Waals surface area contributed by atoms with Crippen LogP contribution in [0.15, 0.2) is 60.7 Å². The Kier molecular flexibility index (Phi) is 22.5. The summed E-state index contributed by atoms with van der Waals surface area (Å²) in [5.41, 5.74) is 0.813. The van der Waals surface area contributed by atoms with Gasteiger partial charge in [0, 0.05) is 13.0 Å². The van der Waals surface area contributed by atoms with E-state index < -0.39 is 83.5 Å². The van der Waals surface area contributed by atoms with Crippen LogP contribution in [0.2, 0.25) is 0 Å². The highest BCUT2D eigenvalue weighted by Crippen LogP contribution is 2.14. The van der Waals surface area contributed by atoms with Crippen LogP contribution in [-0.4, -0.2) is 91.2 Å². The summed E-state index contributed by atoms with van der Waals surface area (Å²) in [6, 6.07) is 12.9. The molecule has 6 amide bonds. The molecule has 344 valence electrons. The molecule has 6 N–H and O–H groups in total. The number of esters is 1. The predicted octanol–water partition coefficient (Wildman–Crippen LogP) is 5.08. The van der Waals surface area contributed by atoms with Crippen molar-refractivity contribution in [2.45, 2.75) is 143 Å². The molecule has 0 aliphatic heterocycles. The number of unbranched alkanes of at least 4 members (excludes halogenated alkanes) is 1. The van der Waals surface area contributed by atoms with Crippen molar-refractivity contribution in [1.29, 1.82) is 0 Å². The molecule has 0 unspecified atom stereocenters. The molecular weight excluding hydrogens is 797 g/mol. The third-order valence-electron chi connectivity index (χ3n) is 9.42. The fraction of sp³-hybridized carbons (Fsp3) is 0.587. The van der Waals surface area contributed by atoms with E-state index in [0.717, 1.165) is 11.1 Å². The monoisotopic (exact) mass is 867 g/mol. The van der Waals surface area contributed by atoms with Crippen molar-refractivity contribution in [3.8, 4) is 0 Å². The maximum atomic E-state index is 14.1. The highest BCUT2D eigenvalue weighted by Gasteiger charge is 2.34. The van der Waals surface area contributed by atoms with Crippen molar-refractivity contribution in [2.75, 3.05) is 13.7 Å². The Bertz CT molecular complexity index is 1730. The highest BCUT2D eigenvalue weighted by molar-refractivity contribution is 5.96. The summed E-state index contributed by atoms with van der Waals surface area (Å²) in [6.07, 6.45) is 0.136. The van der Waals surface area contributed by atoms with Crippen LogP contribution in [0.5, 0.6) is 0 Å². The number of hydrogen-bond donors (Lipinski definition) is 6. The Balaban J connectivity index is 2.26. The zero-order valence-electron chi connectivity index (χ0n) is 38.1. The SMILES string of the molecule is COC(=O)[C@H](Cc1ccccc1)NC(=O)[C@H](CC(C)C)NC(=O)[C@@H](NC(=O)[C@H](CCCCNC(=O)OCc1ccccc1)NC(=O)[C@H](CC(C)C)NC(=O)OC(C)(C)C)C(C)C. The maximum absolute atomic E-state index is 14.1. The molecule has 0 bridgehead atoms. The fourth-order valence-electron chi connectivity index (χ4n) is 6.34. The van der Waals surface area contributed by atoms with Gasteiger partial charge in [0.25, 0.3) is 0 Å². The van der Waals surface area contributed by atoms with Gasteiger partial charge < -0.3 is 46.1 Å². The Morgan fingerprint density at radius 2 is 1.08 bits per heavy atom. The van der Waals surface area contributed by atoms with E-state index in [9.17, 15) is 33.6 Å². The highest BCUT2D eigenvalue weighted by atomic mass is 16.6. The van der Waals surface area contributed by atoms with Crippen molar-refractivity contribution in [3.63, 3.8) is 0 Å². The fourth-order valence-corrected chi connectivity index (χ4v) is 6.34. The van der Waals surface area contributed by atoms with Crippen LogP contribution in [-0.2, 0) is 51.2 Å². The topological polar surface area (TPSA) is 219 Å². The van der Waals surface area contributed by atoms with Gasteiger partial charge in [-0.05, 0) is 81.8 Å². The molecule has 2 rings (SSSR count). The van der Waals surface area contributed by atoms with E-state index in [1.807, 2.05) is 88.4 Å². The summed E-state index contributed by atoms with van der Waals surface area (Å²) in [7, 11) is 1.23. The standard InChI is InChI=1S/C46H70N6O10/c1-29(2)25-35(40(54)50-37(43(57)60-10)27-32-19-13-11-14-20-32)49-42(56)38(31(5)6)52-39(53)34(23-17-18-24-47-44(58)61-28-33-21-15-12-16-22-33)48-41(55)36(26-30(3)4)51-45(59)62-46(7,8)9/h11-16,19-22,29-31,34-38H,17-18,23-28H2,1-10H3,(H,47,58)(H,48,55)(H,49,56)(H,50,54)(H,51,59)(H,52,53)/t34-,35-,36-,37-,38-/m0/s1. The van der Waals surface area contributed by atoms with Gasteiger partial charge in [-0.2, -0.15) is 0 Å². The first-order chi connectivity index (χ1) is 29.2. The Labute approximate surface area is 367 Å². The third-order valence-corrected chi connectivity index (χ3v) is 9.42. The van der Waals surface area contributed by atoms with Gasteiger partial charge >= 0.3 is 18.2 Å². The molecule has 62 heavy (non-hydrogen) atoms. The normalized spacial score (nSPS) is 13.8. The van der Waals surface area contributed by atoms with Crippen molar-refractivity contribution in [3.05, 3.63) is 71.8 Å². The summed E-state index contributed by atoms with van der Waals surface area (Å²) in [5.74, 6) is -3.70. The number of benzene rings is 2. The number of amides is 6. The number of hydrogen-bond acceptors (Lipinski definition) is 10. The zero-order chi connectivity index (χ0) is 46.4. The number of methoxy groups -OCH3 is 1. The molecule has 0 saturated heterocycles. The van der Waals surface area contributed by atoms with Crippen molar-refractivity contribution in [1.82, 2.24) is 31.9 Å². The van der Waals surface area contributed by atoms with Gasteiger partial charge in [0.2, 0.25) is 23.6 Å². The maximum Gasteiger partial charge on any atom is 0.408 e. The van der Waals surface area contributed by atoms with Crippen LogP contribution in [0.4, 0.5) is 9.59 Å². The van der Waals surface area contributed by atoms with Crippen LogP contribution in [0.3, 0.4) is 0 Å². The second kappa shape index (κ2) is 26.6. The number of carbonyl (C=O) groups excluding carboxylic acids is 7. The molecule has 16 nitrogen and oxygen atoms in total. The summed E-state index contributed by atoms with van der Waals surface area (Å²) in [5, 5.41) is 16.4. The van der Waals surface area contributed by atoms with Gasteiger partial charge in [0.1, 0.15) is 42.4 Å². The molecule has 0 aliphatic carbocycles. The molecule has 0 saturated carbocycles. The molecule has 2 aromatic rings. The first-order valence-corrected chi connectivity index (χ1v) is 21.5. The van der Waals surface area contributed by atoms with Gasteiger partial charge in [0.05, 0.1) is 7.11 Å². The summed E-state index contributed by atoms with van der Waals surface area (Å²) in [4.78, 5) is 93.5. The molecule has 2 aromatic carbocycles. The molecule has 0 aliphatic rings. The van der Waals surface area contributed by atoms with E-state index in [-0.39, 0.29) is 50.7 Å². The van der Waals surface area contributed by atoms with E-state index >= 15 is 0 Å². The van der Waals surface area contributed by atoms with Crippen molar-refractivity contribution < 1.29 is 47.8 Å². The number of ether oxygens (including phenoxy) is 3. The Hall–Kier alpha value is -5.67. The van der Waals surface area contributed by atoms with Gasteiger partial charge in [0.15, 0.2) is 0 Å². The average molecular weight is 867 g/mol. The second-order valence-electron chi connectivity index (χ2n) is 17.6. The molecule has 16 heteroatoms. The lowest BCUT2D eigenvalue weighted by Gasteiger charge is -2.29. The molecule has 0 aromatic heterocycles. The van der Waals surface area contributed by atoms with E-state index in [1.165, 1.54) is 7.11 Å². The van der Waals surface area contributed by atoms with Crippen LogP contribution in [0, 0.1) is 17.8 Å². The smallest absolute Gasteiger partial charge is 0.408 e. The molecule has 0 spiro atoms. The number of alkyl carbamates (subject to hydrolysis) is 2. The molecular formula is C46H70N6O10. The van der Waals surface area contributed by atoms with Crippen LogP contribution >= 0.6 is 0 Å². The lowest BCUT2D eigenvalue weighted by molar-refractivity contribution is -0.145. The molecule has 0 fully saturated rings. The Morgan fingerprint density at radius 3 is 1.60 bits per heavy atom. The minimum absolute atomic E-state index is 0.0214. The minimum Gasteiger partial charge on any atom is -0.467 e. The zero-order valence-corrected chi connectivity index (χ0v) is 38.1. The van der Waals surface area contributed by atoms with Crippen LogP contribution in [0.25, 0.3) is 0 Å². The lowest BCUT2D eigenvalue weighted by atomic mass is 9.98. The lowest BCUT2D eigenvalue weighted by Crippen LogP contribution is -2.60. The first-order valence-electron chi connectivity index (χ1n) is 21.5. The molecule has 0 heterocycles. The van der Waals surface area contributed by atoms with Crippen LogP contribution < -0.4 is 31.9 Å². The van der Waals surface area contributed by atoms with Crippen LogP contribution in [0.1, 0.15) is 106 Å². The molecule has 0 radical (unpaired) electrons. The van der Waals surface area contributed by atoms with Gasteiger partial charge in [-0.25, -0.2) is 14.4 Å². The largest absolute Gasteiger partial charge is 0.467 e. The third kappa shape index (κ3) is 20.7. The number of rotatable bonds is 24. The summed E-state index contributed by atoms with van der Waals surface area (Å²) in [6.45, 7) is 16.4. The summed E-state index contributed by atoms with van der Waals surface area (Å²) >= 11 is 0. The Morgan fingerprint density at radius 1 is 0.581 bits per heavy atom. The van der Waals surface area contributed by atoms with Crippen molar-refractivity contribution >= 4 is 41.8 Å². The predicted molar refractivity (Wildman–Crippen MR) is 235 cm³/mol. The minimum atomic E-state index is -1.16. The first kappa shape index (κ1) is 52.5. The van der Waals surface area contributed by atoms with Gasteiger partial charge in [-0.15, -0.1) is 0 Å². The van der Waals surface area contributed by atoms with Gasteiger partial charge in [-0.1, -0.05) is 102 Å². The average Bonchev–Trinajstić information content (AvgIpc) is 3.19. The van der Waals surface area contributed by atoms with E-state index in [1.54, 1.807) is 34.6 Å². The number of nitrogens with one attached hydrogen (secondary N) is 6. The molecule has 5 atom stereocenters. The van der Waals surface area contributed by atoms with E-state index in [0.29, 0.717) is 12.8 Å². The second-order valence-corrected chi connectivity index (χ2v) is 17.6. The van der Waals surface area contributed by atoms with E-state index in [4.69, 9.17) is 14.2 Å².